The second-order valence-electron chi connectivity index (χ2n) is 5.48. The van der Waals surface area contributed by atoms with Crippen LogP contribution in [0.3, 0.4) is 0 Å². The predicted molar refractivity (Wildman–Crippen MR) is 92.2 cm³/mol. The SMILES string of the molecule is Cc1c[nH]c(=O)n1-c1ccc(C(=O)OCC(=O)c2ccccc2)cc1. The van der Waals surface area contributed by atoms with Gasteiger partial charge in [0.25, 0.3) is 0 Å². The summed E-state index contributed by atoms with van der Waals surface area (Å²) in [4.78, 5) is 38.4. The molecule has 0 bridgehead atoms. The fourth-order valence-electron chi connectivity index (χ4n) is 2.44. The molecule has 0 saturated carbocycles. The third kappa shape index (κ3) is 3.58. The number of nitrogens with zero attached hydrogens (tertiary/aromatic N) is 1. The highest BCUT2D eigenvalue weighted by molar-refractivity contribution is 5.99. The van der Waals surface area contributed by atoms with Crippen LogP contribution in [-0.4, -0.2) is 27.9 Å². The maximum absolute atomic E-state index is 12.1. The summed E-state index contributed by atoms with van der Waals surface area (Å²) in [6, 6.07) is 15.1. The van der Waals surface area contributed by atoms with Gasteiger partial charge in [0.1, 0.15) is 0 Å². The number of benzene rings is 2. The predicted octanol–water partition coefficient (Wildman–Crippen LogP) is 2.51. The van der Waals surface area contributed by atoms with Gasteiger partial charge in [-0.1, -0.05) is 30.3 Å². The molecule has 0 fully saturated rings. The van der Waals surface area contributed by atoms with Crippen molar-refractivity contribution in [2.45, 2.75) is 6.92 Å². The van der Waals surface area contributed by atoms with Gasteiger partial charge in [0, 0.05) is 17.5 Å². The van der Waals surface area contributed by atoms with E-state index in [4.69, 9.17) is 4.74 Å². The number of carbonyl (C=O) groups is 2. The summed E-state index contributed by atoms with van der Waals surface area (Å²) in [6.45, 7) is 1.48. The zero-order valence-corrected chi connectivity index (χ0v) is 13.6. The lowest BCUT2D eigenvalue weighted by molar-refractivity contribution is 0.0475. The molecule has 126 valence electrons. The van der Waals surface area contributed by atoms with Crippen molar-refractivity contribution in [3.63, 3.8) is 0 Å². The smallest absolute Gasteiger partial charge is 0.338 e. The van der Waals surface area contributed by atoms with E-state index in [1.165, 1.54) is 4.57 Å². The molecule has 2 aromatic carbocycles. The van der Waals surface area contributed by atoms with Gasteiger partial charge in [0.2, 0.25) is 0 Å². The summed E-state index contributed by atoms with van der Waals surface area (Å²) < 4.78 is 6.55. The molecule has 0 spiro atoms. The van der Waals surface area contributed by atoms with Crippen LogP contribution < -0.4 is 5.69 Å². The number of hydrogen-bond donors (Lipinski definition) is 1. The van der Waals surface area contributed by atoms with Gasteiger partial charge in [-0.05, 0) is 31.2 Å². The molecule has 0 amide bonds. The number of hydrogen-bond acceptors (Lipinski definition) is 4. The third-order valence-electron chi connectivity index (χ3n) is 3.75. The highest BCUT2D eigenvalue weighted by atomic mass is 16.5. The Kier molecular flexibility index (Phi) is 4.61. The van der Waals surface area contributed by atoms with Crippen LogP contribution in [0.25, 0.3) is 5.69 Å². The Labute approximate surface area is 143 Å². The molecular formula is C19H16N2O4. The minimum absolute atomic E-state index is 0.249. The van der Waals surface area contributed by atoms with E-state index in [2.05, 4.69) is 4.98 Å². The highest BCUT2D eigenvalue weighted by Gasteiger charge is 2.12. The fraction of sp³-hybridized carbons (Fsp3) is 0.105. The van der Waals surface area contributed by atoms with Crippen LogP contribution in [0.2, 0.25) is 0 Å². The molecule has 0 radical (unpaired) electrons. The quantitative estimate of drug-likeness (QED) is 0.573. The standard InChI is InChI=1S/C19H16N2O4/c1-13-11-20-19(24)21(13)16-9-7-15(8-10-16)18(23)25-12-17(22)14-5-3-2-4-6-14/h2-11H,12H2,1H3,(H,20,24). The summed E-state index contributed by atoms with van der Waals surface area (Å²) in [5.74, 6) is -0.853. The molecule has 3 rings (SSSR count). The van der Waals surface area contributed by atoms with Gasteiger partial charge in [-0.2, -0.15) is 0 Å². The van der Waals surface area contributed by atoms with E-state index in [1.807, 2.05) is 6.07 Å². The Bertz CT molecular complexity index is 953. The van der Waals surface area contributed by atoms with Gasteiger partial charge >= 0.3 is 11.7 Å². The van der Waals surface area contributed by atoms with Crippen molar-refractivity contribution < 1.29 is 14.3 Å². The number of aromatic amines is 1. The Morgan fingerprint density at radius 2 is 1.68 bits per heavy atom. The molecule has 6 heteroatoms. The first-order valence-electron chi connectivity index (χ1n) is 7.69. The number of imidazole rings is 1. The molecule has 1 aromatic heterocycles. The Morgan fingerprint density at radius 1 is 1.00 bits per heavy atom. The van der Waals surface area contributed by atoms with Crippen molar-refractivity contribution in [1.29, 1.82) is 0 Å². The summed E-state index contributed by atoms with van der Waals surface area (Å²) in [7, 11) is 0. The summed E-state index contributed by atoms with van der Waals surface area (Å²) in [5, 5.41) is 0. The van der Waals surface area contributed by atoms with Gasteiger partial charge in [0.15, 0.2) is 12.4 Å². The number of aromatic nitrogens is 2. The first kappa shape index (κ1) is 16.4. The first-order chi connectivity index (χ1) is 12.1. The number of esters is 1. The van der Waals surface area contributed by atoms with Crippen molar-refractivity contribution >= 4 is 11.8 Å². The maximum Gasteiger partial charge on any atom is 0.338 e. The molecule has 0 aliphatic rings. The van der Waals surface area contributed by atoms with Crippen LogP contribution in [-0.2, 0) is 4.74 Å². The fourth-order valence-corrected chi connectivity index (χ4v) is 2.44. The molecule has 0 unspecified atom stereocenters. The zero-order chi connectivity index (χ0) is 17.8. The van der Waals surface area contributed by atoms with Crippen LogP contribution >= 0.6 is 0 Å². The van der Waals surface area contributed by atoms with Crippen molar-refractivity contribution in [3.05, 3.63) is 88.1 Å². The number of rotatable bonds is 5. The number of ketones is 1. The number of nitrogens with one attached hydrogen (secondary N) is 1. The number of ether oxygens (including phenoxy) is 1. The maximum atomic E-state index is 12.1. The topological polar surface area (TPSA) is 81.2 Å². The Hall–Kier alpha value is -3.41. The van der Waals surface area contributed by atoms with Crippen LogP contribution in [0.4, 0.5) is 0 Å². The molecule has 0 atom stereocenters. The van der Waals surface area contributed by atoms with E-state index < -0.39 is 5.97 Å². The lowest BCUT2D eigenvalue weighted by Gasteiger charge is -2.07. The van der Waals surface area contributed by atoms with Gasteiger partial charge in [-0.15, -0.1) is 0 Å². The van der Waals surface area contributed by atoms with Gasteiger partial charge < -0.3 is 9.72 Å². The van der Waals surface area contributed by atoms with E-state index >= 15 is 0 Å². The molecule has 25 heavy (non-hydrogen) atoms. The molecule has 3 aromatic rings. The number of aryl methyl sites for hydroxylation is 1. The number of H-pyrrole nitrogens is 1. The third-order valence-corrected chi connectivity index (χ3v) is 3.75. The van der Waals surface area contributed by atoms with Crippen molar-refractivity contribution in [1.82, 2.24) is 9.55 Å². The van der Waals surface area contributed by atoms with Gasteiger partial charge in [-0.3, -0.25) is 9.36 Å². The minimum Gasteiger partial charge on any atom is -0.454 e. The summed E-state index contributed by atoms with van der Waals surface area (Å²) in [6.07, 6.45) is 1.61. The number of Topliss-reactive ketones (excluding diaryl/α,β-unsaturated/α-hetero) is 1. The second kappa shape index (κ2) is 7.00. The minimum atomic E-state index is -0.589. The largest absolute Gasteiger partial charge is 0.454 e. The summed E-state index contributed by atoms with van der Waals surface area (Å²) >= 11 is 0. The van der Waals surface area contributed by atoms with Gasteiger partial charge in [-0.25, -0.2) is 9.59 Å². The average molecular weight is 336 g/mol. The van der Waals surface area contributed by atoms with E-state index in [0.29, 0.717) is 16.8 Å². The zero-order valence-electron chi connectivity index (χ0n) is 13.6. The average Bonchev–Trinajstić information content (AvgIpc) is 2.98. The van der Waals surface area contributed by atoms with Crippen LogP contribution in [0, 0.1) is 6.92 Å². The van der Waals surface area contributed by atoms with Crippen molar-refractivity contribution in [2.24, 2.45) is 0 Å². The molecule has 0 aliphatic heterocycles. The lowest BCUT2D eigenvalue weighted by atomic mass is 10.1. The van der Waals surface area contributed by atoms with Crippen LogP contribution in [0.1, 0.15) is 26.4 Å². The van der Waals surface area contributed by atoms with Crippen molar-refractivity contribution in [2.75, 3.05) is 6.61 Å². The van der Waals surface area contributed by atoms with Crippen LogP contribution in [0.5, 0.6) is 0 Å². The normalized spacial score (nSPS) is 10.4. The lowest BCUT2D eigenvalue weighted by Crippen LogP contribution is -2.16. The molecule has 6 nitrogen and oxygen atoms in total. The van der Waals surface area contributed by atoms with E-state index in [9.17, 15) is 14.4 Å². The van der Waals surface area contributed by atoms with E-state index in [0.717, 1.165) is 5.69 Å². The highest BCUT2D eigenvalue weighted by Crippen LogP contribution is 2.11. The second-order valence-corrected chi connectivity index (χ2v) is 5.48. The first-order valence-corrected chi connectivity index (χ1v) is 7.69. The monoisotopic (exact) mass is 336 g/mol. The molecule has 0 saturated heterocycles. The Balaban J connectivity index is 1.67. The molecule has 1 heterocycles. The number of carbonyl (C=O) groups excluding carboxylic acids is 2. The summed E-state index contributed by atoms with van der Waals surface area (Å²) in [5.41, 5.74) is 1.95. The van der Waals surface area contributed by atoms with E-state index in [-0.39, 0.29) is 18.1 Å². The van der Waals surface area contributed by atoms with E-state index in [1.54, 1.807) is 61.7 Å². The molecule has 0 aliphatic carbocycles. The van der Waals surface area contributed by atoms with Crippen LogP contribution in [0.15, 0.2) is 65.6 Å². The molecule has 1 N–H and O–H groups in total. The Morgan fingerprint density at radius 3 is 2.28 bits per heavy atom. The van der Waals surface area contributed by atoms with Crippen molar-refractivity contribution in [3.8, 4) is 5.69 Å². The van der Waals surface area contributed by atoms with Gasteiger partial charge in [0.05, 0.1) is 11.3 Å². The molecular weight excluding hydrogens is 320 g/mol.